The summed E-state index contributed by atoms with van der Waals surface area (Å²) in [5.41, 5.74) is -0.596. The Hall–Kier alpha value is -0.430. The first kappa shape index (κ1) is 12.0. The molecule has 4 nitrogen and oxygen atoms in total. The van der Waals surface area contributed by atoms with Crippen molar-refractivity contribution in [1.82, 2.24) is 4.72 Å². The molecule has 6 heteroatoms. The summed E-state index contributed by atoms with van der Waals surface area (Å²) in [4.78, 5) is 2.11. The zero-order valence-electron chi connectivity index (χ0n) is 9.28. The fraction of sp³-hybridized carbons (Fsp3) is 0.600. The van der Waals surface area contributed by atoms with E-state index in [0.717, 1.165) is 9.75 Å². The van der Waals surface area contributed by atoms with Gasteiger partial charge in [-0.1, -0.05) is 0 Å². The quantitative estimate of drug-likeness (QED) is 0.855. The van der Waals surface area contributed by atoms with Crippen molar-refractivity contribution in [2.75, 3.05) is 6.61 Å². The van der Waals surface area contributed by atoms with Gasteiger partial charge in [0.2, 0.25) is 10.0 Å². The van der Waals surface area contributed by atoms with Crippen LogP contribution in [0.2, 0.25) is 0 Å². The van der Waals surface area contributed by atoms with Crippen LogP contribution in [-0.2, 0) is 10.0 Å². The van der Waals surface area contributed by atoms with Gasteiger partial charge in [0, 0.05) is 9.75 Å². The molecular weight excluding hydrogens is 246 g/mol. The molecule has 90 valence electrons. The molecule has 0 aliphatic heterocycles. The van der Waals surface area contributed by atoms with E-state index in [1.165, 1.54) is 11.3 Å². The van der Waals surface area contributed by atoms with Gasteiger partial charge < -0.3 is 5.11 Å². The number of hydrogen-bond acceptors (Lipinski definition) is 4. The molecule has 1 aliphatic rings. The Morgan fingerprint density at radius 3 is 2.50 bits per heavy atom. The van der Waals surface area contributed by atoms with Gasteiger partial charge in [0.05, 0.1) is 17.0 Å². The Morgan fingerprint density at radius 2 is 2.12 bits per heavy atom. The Bertz CT molecular complexity index is 500. The third-order valence-corrected chi connectivity index (χ3v) is 5.59. The van der Waals surface area contributed by atoms with Crippen molar-refractivity contribution in [1.29, 1.82) is 0 Å². The van der Waals surface area contributed by atoms with Crippen LogP contribution in [0.1, 0.15) is 22.6 Å². The molecule has 0 aromatic carbocycles. The molecule has 0 amide bonds. The molecule has 1 aliphatic carbocycles. The highest BCUT2D eigenvalue weighted by molar-refractivity contribution is 7.89. The van der Waals surface area contributed by atoms with Crippen LogP contribution in [0.15, 0.2) is 11.0 Å². The van der Waals surface area contributed by atoms with E-state index in [2.05, 4.69) is 4.72 Å². The minimum atomic E-state index is -3.48. The number of thiophene rings is 1. The van der Waals surface area contributed by atoms with E-state index in [-0.39, 0.29) is 6.61 Å². The van der Waals surface area contributed by atoms with Crippen molar-refractivity contribution in [3.63, 3.8) is 0 Å². The van der Waals surface area contributed by atoms with Gasteiger partial charge in [-0.2, -0.15) is 0 Å². The summed E-state index contributed by atoms with van der Waals surface area (Å²) in [5.74, 6) is 0. The van der Waals surface area contributed by atoms with E-state index in [0.29, 0.717) is 17.7 Å². The standard InChI is InChI=1S/C10H15NO3S2/c1-7-5-9(8(2)15-7)16(13,14)11-10(6-12)3-4-10/h5,11-12H,3-4,6H2,1-2H3. The fourth-order valence-electron chi connectivity index (χ4n) is 1.66. The number of aryl methyl sites for hydroxylation is 2. The lowest BCUT2D eigenvalue weighted by Gasteiger charge is -2.14. The molecule has 0 spiro atoms. The summed E-state index contributed by atoms with van der Waals surface area (Å²) in [5, 5.41) is 9.12. The van der Waals surface area contributed by atoms with E-state index in [1.807, 2.05) is 6.92 Å². The third-order valence-electron chi connectivity index (χ3n) is 2.79. The second kappa shape index (κ2) is 3.80. The van der Waals surface area contributed by atoms with E-state index >= 15 is 0 Å². The molecule has 1 fully saturated rings. The minimum absolute atomic E-state index is 0.131. The molecule has 0 radical (unpaired) electrons. The molecule has 0 saturated heterocycles. The average Bonchev–Trinajstić information content (AvgIpc) is 2.85. The Labute approximate surface area is 99.4 Å². The van der Waals surface area contributed by atoms with E-state index in [9.17, 15) is 8.42 Å². The summed E-state index contributed by atoms with van der Waals surface area (Å²) >= 11 is 1.47. The zero-order valence-corrected chi connectivity index (χ0v) is 10.9. The maximum atomic E-state index is 12.1. The predicted octanol–water partition coefficient (Wildman–Crippen LogP) is 1.17. The maximum Gasteiger partial charge on any atom is 0.242 e. The first-order valence-corrected chi connectivity index (χ1v) is 7.40. The summed E-state index contributed by atoms with van der Waals surface area (Å²) in [7, 11) is -3.48. The lowest BCUT2D eigenvalue weighted by atomic mass is 10.3. The fourth-order valence-corrected chi connectivity index (χ4v) is 4.66. The van der Waals surface area contributed by atoms with Crippen molar-refractivity contribution in [2.24, 2.45) is 0 Å². The van der Waals surface area contributed by atoms with Crippen LogP contribution < -0.4 is 4.72 Å². The van der Waals surface area contributed by atoms with Gasteiger partial charge >= 0.3 is 0 Å². The molecule has 1 aromatic rings. The normalized spacial score (nSPS) is 18.7. The van der Waals surface area contributed by atoms with Gasteiger partial charge in [0.15, 0.2) is 0 Å². The van der Waals surface area contributed by atoms with Gasteiger partial charge in [-0.05, 0) is 32.8 Å². The minimum Gasteiger partial charge on any atom is -0.394 e. The highest BCUT2D eigenvalue weighted by Crippen LogP contribution is 2.37. The molecule has 2 rings (SSSR count). The summed E-state index contributed by atoms with van der Waals surface area (Å²) in [6, 6.07) is 1.68. The second-order valence-corrected chi connectivity index (χ2v) is 7.43. The number of aliphatic hydroxyl groups excluding tert-OH is 1. The number of sulfonamides is 1. The van der Waals surface area contributed by atoms with Crippen molar-refractivity contribution in [3.05, 3.63) is 15.8 Å². The molecule has 16 heavy (non-hydrogen) atoms. The second-order valence-electron chi connectivity index (χ2n) is 4.32. The van der Waals surface area contributed by atoms with Crippen LogP contribution in [0.4, 0.5) is 0 Å². The third kappa shape index (κ3) is 2.15. The topological polar surface area (TPSA) is 66.4 Å². The number of nitrogens with one attached hydrogen (secondary N) is 1. The van der Waals surface area contributed by atoms with Crippen LogP contribution in [0.25, 0.3) is 0 Å². The predicted molar refractivity (Wildman–Crippen MR) is 63.2 cm³/mol. The highest BCUT2D eigenvalue weighted by Gasteiger charge is 2.45. The Morgan fingerprint density at radius 1 is 1.50 bits per heavy atom. The molecule has 0 unspecified atom stereocenters. The van der Waals surface area contributed by atoms with Crippen molar-refractivity contribution in [3.8, 4) is 0 Å². The van der Waals surface area contributed by atoms with E-state index < -0.39 is 15.6 Å². The lowest BCUT2D eigenvalue weighted by Crippen LogP contribution is -2.39. The van der Waals surface area contributed by atoms with Crippen LogP contribution in [-0.4, -0.2) is 25.7 Å². The molecule has 0 atom stereocenters. The Balaban J connectivity index is 2.29. The van der Waals surface area contributed by atoms with E-state index in [4.69, 9.17) is 5.11 Å². The molecule has 1 aromatic heterocycles. The molecule has 2 N–H and O–H groups in total. The number of rotatable bonds is 4. The zero-order chi connectivity index (χ0) is 12.0. The van der Waals surface area contributed by atoms with Crippen LogP contribution in [0.3, 0.4) is 0 Å². The number of aliphatic hydroxyl groups is 1. The van der Waals surface area contributed by atoms with Crippen molar-refractivity contribution < 1.29 is 13.5 Å². The van der Waals surface area contributed by atoms with Gasteiger partial charge in [-0.3, -0.25) is 0 Å². The smallest absolute Gasteiger partial charge is 0.242 e. The van der Waals surface area contributed by atoms with Crippen molar-refractivity contribution >= 4 is 21.4 Å². The molecule has 1 saturated carbocycles. The van der Waals surface area contributed by atoms with Crippen LogP contribution >= 0.6 is 11.3 Å². The van der Waals surface area contributed by atoms with Gasteiger partial charge in [0.25, 0.3) is 0 Å². The Kier molecular flexibility index (Phi) is 2.86. The largest absolute Gasteiger partial charge is 0.394 e. The van der Waals surface area contributed by atoms with E-state index in [1.54, 1.807) is 13.0 Å². The molecule has 1 heterocycles. The average molecular weight is 261 g/mol. The van der Waals surface area contributed by atoms with Crippen LogP contribution in [0, 0.1) is 13.8 Å². The van der Waals surface area contributed by atoms with Gasteiger partial charge in [0.1, 0.15) is 0 Å². The number of hydrogen-bond donors (Lipinski definition) is 2. The summed E-state index contributed by atoms with van der Waals surface area (Å²) in [6.45, 7) is 3.55. The SMILES string of the molecule is Cc1cc(S(=O)(=O)NC2(CO)CC2)c(C)s1. The summed E-state index contributed by atoms with van der Waals surface area (Å²) in [6.07, 6.45) is 1.43. The van der Waals surface area contributed by atoms with Crippen molar-refractivity contribution in [2.45, 2.75) is 37.1 Å². The molecular formula is C10H15NO3S2. The lowest BCUT2D eigenvalue weighted by molar-refractivity contribution is 0.246. The summed E-state index contributed by atoms with van der Waals surface area (Å²) < 4.78 is 26.7. The maximum absolute atomic E-state index is 12.1. The monoisotopic (exact) mass is 261 g/mol. The van der Waals surface area contributed by atoms with Crippen LogP contribution in [0.5, 0.6) is 0 Å². The van der Waals surface area contributed by atoms with Gasteiger partial charge in [-0.15, -0.1) is 11.3 Å². The first-order valence-electron chi connectivity index (χ1n) is 5.10. The molecule has 0 bridgehead atoms. The highest BCUT2D eigenvalue weighted by atomic mass is 32.2. The van der Waals surface area contributed by atoms with Gasteiger partial charge in [-0.25, -0.2) is 13.1 Å². The first-order chi connectivity index (χ1) is 7.38.